The first kappa shape index (κ1) is 16.7. The standard InChI is InChI=1S/C17H19FN4OS2/c18-12-1-2-15-13(11-12)14(3-9-24-15)20-16(23)21-5-7-22(8-6-21)17-19-4-10-25-17/h1-2,4,10-11,14H,3,5-9H2,(H,20,23). The lowest BCUT2D eigenvalue weighted by atomic mass is 10.0. The largest absolute Gasteiger partial charge is 0.345 e. The van der Waals surface area contributed by atoms with Gasteiger partial charge in [-0.25, -0.2) is 14.2 Å². The van der Waals surface area contributed by atoms with Crippen LogP contribution in [-0.2, 0) is 0 Å². The van der Waals surface area contributed by atoms with Crippen molar-refractivity contribution in [2.24, 2.45) is 0 Å². The average Bonchev–Trinajstić information content (AvgIpc) is 3.17. The molecular weight excluding hydrogens is 359 g/mol. The topological polar surface area (TPSA) is 48.5 Å². The molecule has 8 heteroatoms. The fourth-order valence-electron chi connectivity index (χ4n) is 3.23. The second-order valence-electron chi connectivity index (χ2n) is 6.11. The number of piperazine rings is 1. The minimum atomic E-state index is -0.252. The van der Waals surface area contributed by atoms with E-state index < -0.39 is 0 Å². The molecule has 0 radical (unpaired) electrons. The molecule has 5 nitrogen and oxygen atoms in total. The fourth-order valence-corrected chi connectivity index (χ4v) is 5.03. The average molecular weight is 378 g/mol. The van der Waals surface area contributed by atoms with Crippen LogP contribution in [0.15, 0.2) is 34.7 Å². The smallest absolute Gasteiger partial charge is 0.318 e. The van der Waals surface area contributed by atoms with E-state index in [1.54, 1.807) is 41.4 Å². The molecule has 25 heavy (non-hydrogen) atoms. The first-order valence-corrected chi connectivity index (χ1v) is 10.2. The second kappa shape index (κ2) is 7.21. The minimum absolute atomic E-state index is 0.0640. The highest BCUT2D eigenvalue weighted by atomic mass is 32.2. The van der Waals surface area contributed by atoms with E-state index in [1.807, 2.05) is 10.3 Å². The number of hydrogen-bond donors (Lipinski definition) is 1. The highest BCUT2D eigenvalue weighted by molar-refractivity contribution is 7.99. The van der Waals surface area contributed by atoms with E-state index in [-0.39, 0.29) is 17.9 Å². The van der Waals surface area contributed by atoms with Crippen LogP contribution in [0.2, 0.25) is 0 Å². The van der Waals surface area contributed by atoms with Gasteiger partial charge in [0.25, 0.3) is 0 Å². The van der Waals surface area contributed by atoms with Gasteiger partial charge in [0.15, 0.2) is 5.13 Å². The summed E-state index contributed by atoms with van der Waals surface area (Å²) in [4.78, 5) is 22.1. The van der Waals surface area contributed by atoms with E-state index in [9.17, 15) is 9.18 Å². The summed E-state index contributed by atoms with van der Waals surface area (Å²) in [6, 6.07) is 4.66. The van der Waals surface area contributed by atoms with Crippen LogP contribution in [0.25, 0.3) is 0 Å². The number of nitrogens with zero attached hydrogens (tertiary/aromatic N) is 3. The van der Waals surface area contributed by atoms with Crippen molar-refractivity contribution in [2.45, 2.75) is 17.4 Å². The molecule has 2 aromatic rings. The van der Waals surface area contributed by atoms with Crippen LogP contribution in [0.1, 0.15) is 18.0 Å². The summed E-state index contributed by atoms with van der Waals surface area (Å²) in [6.45, 7) is 2.91. The SMILES string of the molecule is O=C(NC1CCSc2ccc(F)cc21)N1CCN(c2nccs2)CC1. The molecule has 0 spiro atoms. The first-order valence-electron chi connectivity index (χ1n) is 8.33. The summed E-state index contributed by atoms with van der Waals surface area (Å²) in [5, 5.41) is 6.07. The van der Waals surface area contributed by atoms with Gasteiger partial charge < -0.3 is 15.1 Å². The van der Waals surface area contributed by atoms with Crippen molar-refractivity contribution in [3.05, 3.63) is 41.2 Å². The molecule has 2 aliphatic heterocycles. The lowest BCUT2D eigenvalue weighted by Crippen LogP contribution is -2.52. The van der Waals surface area contributed by atoms with Gasteiger partial charge in [-0.3, -0.25) is 0 Å². The molecule has 1 aromatic heterocycles. The fraction of sp³-hybridized carbons (Fsp3) is 0.412. The van der Waals surface area contributed by atoms with Crippen molar-refractivity contribution in [2.75, 3.05) is 36.8 Å². The Kier molecular flexibility index (Phi) is 4.80. The predicted molar refractivity (Wildman–Crippen MR) is 98.9 cm³/mol. The number of benzene rings is 1. The molecule has 132 valence electrons. The van der Waals surface area contributed by atoms with Crippen molar-refractivity contribution in [1.29, 1.82) is 0 Å². The summed E-state index contributed by atoms with van der Waals surface area (Å²) >= 11 is 3.34. The number of thioether (sulfide) groups is 1. The van der Waals surface area contributed by atoms with E-state index in [0.29, 0.717) is 13.1 Å². The Balaban J connectivity index is 1.38. The molecule has 0 bridgehead atoms. The van der Waals surface area contributed by atoms with Crippen LogP contribution in [0.5, 0.6) is 0 Å². The Morgan fingerprint density at radius 2 is 2.12 bits per heavy atom. The monoisotopic (exact) mass is 378 g/mol. The number of thiazole rings is 1. The number of hydrogen-bond acceptors (Lipinski definition) is 5. The van der Waals surface area contributed by atoms with Gasteiger partial charge in [-0.2, -0.15) is 0 Å². The third kappa shape index (κ3) is 3.59. The number of urea groups is 1. The molecular formula is C17H19FN4OS2. The van der Waals surface area contributed by atoms with Gasteiger partial charge in [0, 0.05) is 48.4 Å². The van der Waals surface area contributed by atoms with Crippen LogP contribution in [-0.4, -0.2) is 47.8 Å². The number of amides is 2. The number of fused-ring (bicyclic) bond motifs is 1. The van der Waals surface area contributed by atoms with Crippen LogP contribution in [0.3, 0.4) is 0 Å². The third-order valence-electron chi connectivity index (χ3n) is 4.57. The molecule has 3 heterocycles. The quantitative estimate of drug-likeness (QED) is 0.871. The van der Waals surface area contributed by atoms with E-state index in [0.717, 1.165) is 40.9 Å². The Morgan fingerprint density at radius 3 is 2.88 bits per heavy atom. The van der Waals surface area contributed by atoms with Gasteiger partial charge >= 0.3 is 6.03 Å². The van der Waals surface area contributed by atoms with Gasteiger partial charge in [0.2, 0.25) is 0 Å². The van der Waals surface area contributed by atoms with E-state index in [1.165, 1.54) is 6.07 Å². The Morgan fingerprint density at radius 1 is 1.28 bits per heavy atom. The van der Waals surface area contributed by atoms with Crippen molar-refractivity contribution >= 4 is 34.3 Å². The normalized spacial score (nSPS) is 20.3. The Bertz CT molecular complexity index is 747. The Hall–Kier alpha value is -1.80. The predicted octanol–water partition coefficient (Wildman–Crippen LogP) is 3.35. The minimum Gasteiger partial charge on any atom is -0.345 e. The van der Waals surface area contributed by atoms with Gasteiger partial charge in [0.05, 0.1) is 6.04 Å². The zero-order valence-corrected chi connectivity index (χ0v) is 15.3. The van der Waals surface area contributed by atoms with Gasteiger partial charge in [-0.05, 0) is 30.2 Å². The number of anilines is 1. The summed E-state index contributed by atoms with van der Waals surface area (Å²) in [5.74, 6) is 0.680. The lowest BCUT2D eigenvalue weighted by molar-refractivity contribution is 0.189. The summed E-state index contributed by atoms with van der Waals surface area (Å²) in [5.41, 5.74) is 0.894. The van der Waals surface area contributed by atoms with Crippen LogP contribution in [0, 0.1) is 5.82 Å². The van der Waals surface area contributed by atoms with Crippen LogP contribution in [0.4, 0.5) is 14.3 Å². The lowest BCUT2D eigenvalue weighted by Gasteiger charge is -2.36. The third-order valence-corrected chi connectivity index (χ3v) is 6.52. The van der Waals surface area contributed by atoms with Crippen LogP contribution < -0.4 is 10.2 Å². The van der Waals surface area contributed by atoms with Crippen molar-refractivity contribution < 1.29 is 9.18 Å². The van der Waals surface area contributed by atoms with E-state index in [4.69, 9.17) is 0 Å². The molecule has 0 aliphatic carbocycles. The van der Waals surface area contributed by atoms with E-state index in [2.05, 4.69) is 15.2 Å². The maximum atomic E-state index is 13.6. The number of carbonyl (C=O) groups excluding carboxylic acids is 1. The molecule has 1 unspecified atom stereocenters. The number of nitrogens with one attached hydrogen (secondary N) is 1. The highest BCUT2D eigenvalue weighted by Gasteiger charge is 2.27. The molecule has 2 aliphatic rings. The van der Waals surface area contributed by atoms with Gasteiger partial charge in [0.1, 0.15) is 5.82 Å². The molecule has 1 atom stereocenters. The van der Waals surface area contributed by atoms with Crippen LogP contribution >= 0.6 is 23.1 Å². The molecule has 0 saturated carbocycles. The van der Waals surface area contributed by atoms with Crippen molar-refractivity contribution in [3.8, 4) is 0 Å². The van der Waals surface area contributed by atoms with Gasteiger partial charge in [-0.15, -0.1) is 23.1 Å². The molecule has 4 rings (SSSR count). The maximum absolute atomic E-state index is 13.6. The molecule has 1 aromatic carbocycles. The zero-order valence-electron chi connectivity index (χ0n) is 13.7. The number of rotatable bonds is 2. The van der Waals surface area contributed by atoms with E-state index >= 15 is 0 Å². The highest BCUT2D eigenvalue weighted by Crippen LogP contribution is 2.36. The van der Waals surface area contributed by atoms with Crippen molar-refractivity contribution in [1.82, 2.24) is 15.2 Å². The Labute approximate surface area is 154 Å². The number of carbonyl (C=O) groups is 1. The summed E-state index contributed by atoms with van der Waals surface area (Å²) in [7, 11) is 0. The first-order chi connectivity index (χ1) is 12.2. The molecule has 1 N–H and O–H groups in total. The number of halogens is 1. The zero-order chi connectivity index (χ0) is 17.2. The molecule has 1 saturated heterocycles. The van der Waals surface area contributed by atoms with Crippen molar-refractivity contribution in [3.63, 3.8) is 0 Å². The summed E-state index contributed by atoms with van der Waals surface area (Å²) < 4.78 is 13.6. The van der Waals surface area contributed by atoms with Gasteiger partial charge in [-0.1, -0.05) is 0 Å². The maximum Gasteiger partial charge on any atom is 0.318 e. The molecule has 2 amide bonds. The molecule has 1 fully saturated rings. The second-order valence-corrected chi connectivity index (χ2v) is 8.12. The number of aromatic nitrogens is 1. The summed E-state index contributed by atoms with van der Waals surface area (Å²) in [6.07, 6.45) is 2.63.